The Kier molecular flexibility index (Phi) is 4.76. The standard InChI is InChI=1S/C18H16N2O4S/c1-11-4-9-14(24-11)10-15-16(21)20(2)18(25-15)19-13-7-5-12(6-8-13)17(22)23-3/h4-10H,1-3H3/b15-10+,19-18?. The molecule has 0 radical (unpaired) electrons. The average Bonchev–Trinajstić information content (AvgIpc) is 3.14. The summed E-state index contributed by atoms with van der Waals surface area (Å²) in [7, 11) is 3.01. The number of methoxy groups -OCH3 is 1. The van der Waals surface area contributed by atoms with Gasteiger partial charge >= 0.3 is 5.97 Å². The SMILES string of the molecule is COC(=O)c1ccc(N=C2S/C(=C/c3ccc(C)o3)C(=O)N2C)cc1. The molecule has 0 bridgehead atoms. The first-order valence-corrected chi connectivity index (χ1v) is 8.30. The number of aliphatic imine (C=N–C) groups is 1. The molecule has 1 amide bonds. The van der Waals surface area contributed by atoms with E-state index in [1.807, 2.05) is 19.1 Å². The molecule has 1 fully saturated rings. The Labute approximate surface area is 149 Å². The van der Waals surface area contributed by atoms with Crippen LogP contribution in [0.15, 0.2) is 50.7 Å². The Balaban J connectivity index is 1.83. The largest absolute Gasteiger partial charge is 0.465 e. The number of aryl methyl sites for hydroxylation is 1. The van der Waals surface area contributed by atoms with E-state index in [1.54, 1.807) is 37.4 Å². The summed E-state index contributed by atoms with van der Waals surface area (Å²) >= 11 is 1.28. The number of carbonyl (C=O) groups excluding carboxylic acids is 2. The Hall–Kier alpha value is -2.80. The first-order chi connectivity index (χ1) is 12.0. The molecule has 7 heteroatoms. The van der Waals surface area contributed by atoms with Gasteiger partial charge in [0, 0.05) is 13.1 Å². The summed E-state index contributed by atoms with van der Waals surface area (Å²) in [6.07, 6.45) is 1.71. The predicted octanol–water partition coefficient (Wildman–Crippen LogP) is 3.61. The zero-order chi connectivity index (χ0) is 18.0. The highest BCUT2D eigenvalue weighted by molar-refractivity contribution is 8.18. The van der Waals surface area contributed by atoms with E-state index in [0.717, 1.165) is 5.76 Å². The van der Waals surface area contributed by atoms with E-state index in [2.05, 4.69) is 9.73 Å². The highest BCUT2D eigenvalue weighted by atomic mass is 32.2. The van der Waals surface area contributed by atoms with E-state index in [0.29, 0.717) is 27.1 Å². The second-order valence-corrected chi connectivity index (χ2v) is 6.37. The van der Waals surface area contributed by atoms with Crippen LogP contribution in [-0.2, 0) is 9.53 Å². The van der Waals surface area contributed by atoms with E-state index in [9.17, 15) is 9.59 Å². The lowest BCUT2D eigenvalue weighted by molar-refractivity contribution is -0.121. The molecule has 0 atom stereocenters. The van der Waals surface area contributed by atoms with Gasteiger partial charge in [0.25, 0.3) is 5.91 Å². The van der Waals surface area contributed by atoms with Crippen LogP contribution >= 0.6 is 11.8 Å². The third-order valence-corrected chi connectivity index (χ3v) is 4.61. The number of thioether (sulfide) groups is 1. The summed E-state index contributed by atoms with van der Waals surface area (Å²) in [6.45, 7) is 1.85. The molecule has 0 N–H and O–H groups in total. The zero-order valence-corrected chi connectivity index (χ0v) is 14.8. The number of esters is 1. The Morgan fingerprint density at radius 1 is 1.24 bits per heavy atom. The summed E-state index contributed by atoms with van der Waals surface area (Å²) in [5.74, 6) is 0.880. The fourth-order valence-corrected chi connectivity index (χ4v) is 3.18. The number of nitrogens with zero attached hydrogens (tertiary/aromatic N) is 2. The van der Waals surface area contributed by atoms with Crippen molar-refractivity contribution in [2.24, 2.45) is 4.99 Å². The van der Waals surface area contributed by atoms with Crippen LogP contribution in [0.2, 0.25) is 0 Å². The number of carbonyl (C=O) groups is 2. The molecule has 1 aliphatic rings. The molecular formula is C18H16N2O4S. The number of hydrogen-bond acceptors (Lipinski definition) is 6. The molecule has 0 saturated carbocycles. The number of ether oxygens (including phenoxy) is 1. The number of amides is 1. The quantitative estimate of drug-likeness (QED) is 0.620. The number of benzene rings is 1. The van der Waals surface area contributed by atoms with Crippen LogP contribution in [0, 0.1) is 6.92 Å². The molecule has 1 aliphatic heterocycles. The van der Waals surface area contributed by atoms with E-state index in [4.69, 9.17) is 4.42 Å². The lowest BCUT2D eigenvalue weighted by atomic mass is 10.2. The summed E-state index contributed by atoms with van der Waals surface area (Å²) in [5.41, 5.74) is 1.09. The van der Waals surface area contributed by atoms with Crippen molar-refractivity contribution >= 4 is 40.6 Å². The molecule has 2 heterocycles. The van der Waals surface area contributed by atoms with Gasteiger partial charge in [-0.15, -0.1) is 0 Å². The first-order valence-electron chi connectivity index (χ1n) is 7.49. The monoisotopic (exact) mass is 356 g/mol. The Bertz CT molecular complexity index is 881. The third-order valence-electron chi connectivity index (χ3n) is 3.55. The number of furan rings is 1. The second-order valence-electron chi connectivity index (χ2n) is 5.36. The molecule has 2 aromatic rings. The maximum absolute atomic E-state index is 12.4. The molecule has 1 aromatic heterocycles. The molecule has 0 unspecified atom stereocenters. The van der Waals surface area contributed by atoms with Crippen LogP contribution < -0.4 is 0 Å². The third kappa shape index (κ3) is 3.66. The maximum Gasteiger partial charge on any atom is 0.337 e. The maximum atomic E-state index is 12.4. The smallest absolute Gasteiger partial charge is 0.337 e. The van der Waals surface area contributed by atoms with Crippen molar-refractivity contribution in [3.63, 3.8) is 0 Å². The number of rotatable bonds is 3. The van der Waals surface area contributed by atoms with Gasteiger partial charge in [-0.25, -0.2) is 9.79 Å². The van der Waals surface area contributed by atoms with Gasteiger partial charge in [-0.05, 0) is 55.1 Å². The van der Waals surface area contributed by atoms with Gasteiger partial charge in [-0.3, -0.25) is 9.69 Å². The molecule has 0 aliphatic carbocycles. The van der Waals surface area contributed by atoms with Gasteiger partial charge < -0.3 is 9.15 Å². The van der Waals surface area contributed by atoms with Crippen LogP contribution in [0.25, 0.3) is 6.08 Å². The fourth-order valence-electron chi connectivity index (χ4n) is 2.21. The van der Waals surface area contributed by atoms with Gasteiger partial charge in [0.1, 0.15) is 11.5 Å². The van der Waals surface area contributed by atoms with Crippen LogP contribution in [0.5, 0.6) is 0 Å². The molecule has 1 saturated heterocycles. The summed E-state index contributed by atoms with van der Waals surface area (Å²) in [5, 5.41) is 0.561. The highest BCUT2D eigenvalue weighted by Crippen LogP contribution is 2.33. The highest BCUT2D eigenvalue weighted by Gasteiger charge is 2.30. The van der Waals surface area contributed by atoms with Gasteiger partial charge in [0.2, 0.25) is 0 Å². The van der Waals surface area contributed by atoms with Crippen LogP contribution in [0.4, 0.5) is 5.69 Å². The van der Waals surface area contributed by atoms with Crippen molar-refractivity contribution in [2.45, 2.75) is 6.92 Å². The van der Waals surface area contributed by atoms with Crippen molar-refractivity contribution in [2.75, 3.05) is 14.2 Å². The van der Waals surface area contributed by atoms with Crippen LogP contribution in [0.3, 0.4) is 0 Å². The lowest BCUT2D eigenvalue weighted by Crippen LogP contribution is -2.23. The lowest BCUT2D eigenvalue weighted by Gasteiger charge is -2.07. The summed E-state index contributed by atoms with van der Waals surface area (Å²) in [6, 6.07) is 10.3. The van der Waals surface area contributed by atoms with E-state index in [-0.39, 0.29) is 5.91 Å². The van der Waals surface area contributed by atoms with Crippen molar-refractivity contribution in [1.82, 2.24) is 4.90 Å². The molecule has 6 nitrogen and oxygen atoms in total. The number of amidine groups is 1. The van der Waals surface area contributed by atoms with Gasteiger partial charge in [-0.1, -0.05) is 0 Å². The molecule has 25 heavy (non-hydrogen) atoms. The minimum absolute atomic E-state index is 0.135. The molecule has 0 spiro atoms. The van der Waals surface area contributed by atoms with Crippen LogP contribution in [0.1, 0.15) is 21.9 Å². The van der Waals surface area contributed by atoms with E-state index in [1.165, 1.54) is 23.8 Å². The van der Waals surface area contributed by atoms with Crippen molar-refractivity contribution in [1.29, 1.82) is 0 Å². The van der Waals surface area contributed by atoms with E-state index < -0.39 is 5.97 Å². The summed E-state index contributed by atoms with van der Waals surface area (Å²) in [4.78, 5) is 30.3. The number of likely N-dealkylation sites (N-methyl/N-ethyl adjacent to an activating group) is 1. The van der Waals surface area contributed by atoms with Crippen molar-refractivity contribution in [3.05, 3.63) is 58.4 Å². The predicted molar refractivity (Wildman–Crippen MR) is 96.7 cm³/mol. The average molecular weight is 356 g/mol. The fraction of sp³-hybridized carbons (Fsp3) is 0.167. The topological polar surface area (TPSA) is 72.1 Å². The van der Waals surface area contributed by atoms with Gasteiger partial charge in [0.15, 0.2) is 5.17 Å². The van der Waals surface area contributed by atoms with Gasteiger partial charge in [-0.2, -0.15) is 0 Å². The summed E-state index contributed by atoms with van der Waals surface area (Å²) < 4.78 is 10.1. The molecule has 1 aromatic carbocycles. The van der Waals surface area contributed by atoms with Crippen LogP contribution in [-0.4, -0.2) is 36.1 Å². The van der Waals surface area contributed by atoms with Crippen molar-refractivity contribution < 1.29 is 18.7 Å². The Morgan fingerprint density at radius 3 is 2.56 bits per heavy atom. The molecular weight excluding hydrogens is 340 g/mol. The minimum atomic E-state index is -0.402. The van der Waals surface area contributed by atoms with Gasteiger partial charge in [0.05, 0.1) is 23.3 Å². The molecule has 128 valence electrons. The number of hydrogen-bond donors (Lipinski definition) is 0. The Morgan fingerprint density at radius 2 is 1.96 bits per heavy atom. The van der Waals surface area contributed by atoms with Crippen molar-refractivity contribution in [3.8, 4) is 0 Å². The minimum Gasteiger partial charge on any atom is -0.465 e. The zero-order valence-electron chi connectivity index (χ0n) is 14.0. The first kappa shape index (κ1) is 17.0. The normalized spacial score (nSPS) is 17.6. The van der Waals surface area contributed by atoms with E-state index >= 15 is 0 Å². The molecule has 3 rings (SSSR count). The second kappa shape index (κ2) is 6.98.